The smallest absolute Gasteiger partial charge is 0.119 e. The van der Waals surface area contributed by atoms with E-state index in [0.29, 0.717) is 0 Å². The first-order valence-electron chi connectivity index (χ1n) is 7.80. The average Bonchev–Trinajstić information content (AvgIpc) is 2.47. The van der Waals surface area contributed by atoms with Crippen molar-refractivity contribution in [3.05, 3.63) is 29.8 Å². The van der Waals surface area contributed by atoms with Gasteiger partial charge >= 0.3 is 0 Å². The van der Waals surface area contributed by atoms with E-state index in [1.54, 1.807) is 0 Å². The number of ether oxygens (including phenoxy) is 1. The Kier molecular flexibility index (Phi) is 3.79. The van der Waals surface area contributed by atoms with E-state index in [1.807, 2.05) is 0 Å². The molecule has 0 radical (unpaired) electrons. The summed E-state index contributed by atoms with van der Waals surface area (Å²) >= 11 is 0. The zero-order chi connectivity index (χ0) is 13.1. The predicted octanol–water partition coefficient (Wildman–Crippen LogP) is 3.39. The number of hydrogen-bond donors (Lipinski definition) is 0. The van der Waals surface area contributed by atoms with Crippen LogP contribution in [0.1, 0.15) is 31.2 Å². The summed E-state index contributed by atoms with van der Waals surface area (Å²) in [6.07, 6.45) is 5.61. The van der Waals surface area contributed by atoms with Gasteiger partial charge in [-0.05, 0) is 44.2 Å². The number of fused-ring (bicyclic) bond motifs is 3. The molecule has 19 heavy (non-hydrogen) atoms. The lowest BCUT2D eigenvalue weighted by atomic mass is 9.85. The number of rotatable bonds is 5. The van der Waals surface area contributed by atoms with Gasteiger partial charge in [0.1, 0.15) is 5.75 Å². The summed E-state index contributed by atoms with van der Waals surface area (Å²) in [4.78, 5) is 0. The normalized spacial score (nSPS) is 29.4. The molecule has 1 aromatic carbocycles. The molecule has 104 valence electrons. The van der Waals surface area contributed by atoms with Crippen LogP contribution in [-0.2, 0) is 0 Å². The number of benzene rings is 1. The van der Waals surface area contributed by atoms with Crippen LogP contribution in [0.2, 0.25) is 0 Å². The molecule has 0 atom stereocenters. The molecule has 2 bridgehead atoms. The molecule has 3 heterocycles. The maximum absolute atomic E-state index is 5.84. The molecule has 3 aliphatic heterocycles. The van der Waals surface area contributed by atoms with Gasteiger partial charge in [-0.3, -0.25) is 0 Å². The first kappa shape index (κ1) is 13.0. The monoisotopic (exact) mass is 260 g/mol. The Morgan fingerprint density at radius 3 is 2.32 bits per heavy atom. The summed E-state index contributed by atoms with van der Waals surface area (Å²) in [6, 6.07) is 8.39. The fourth-order valence-corrected chi connectivity index (χ4v) is 3.70. The van der Waals surface area contributed by atoms with Crippen molar-refractivity contribution in [2.75, 3.05) is 32.8 Å². The van der Waals surface area contributed by atoms with E-state index in [9.17, 15) is 0 Å². The van der Waals surface area contributed by atoms with Crippen molar-refractivity contribution in [1.29, 1.82) is 0 Å². The lowest BCUT2D eigenvalue weighted by Crippen LogP contribution is -2.58. The van der Waals surface area contributed by atoms with Gasteiger partial charge in [-0.15, -0.1) is 0 Å². The molecule has 4 rings (SSSR count). The van der Waals surface area contributed by atoms with Gasteiger partial charge in [0.15, 0.2) is 0 Å². The number of piperidine rings is 3. The van der Waals surface area contributed by atoms with Gasteiger partial charge in [0.05, 0.1) is 32.8 Å². The minimum absolute atomic E-state index is 0.868. The third kappa shape index (κ3) is 3.11. The minimum atomic E-state index is 0.868. The molecular formula is C17H26NO+. The molecule has 0 aromatic heterocycles. The second-order valence-corrected chi connectivity index (χ2v) is 6.48. The van der Waals surface area contributed by atoms with Crippen molar-refractivity contribution in [2.24, 2.45) is 5.92 Å². The highest BCUT2D eigenvalue weighted by Gasteiger charge is 2.38. The lowest BCUT2D eigenvalue weighted by Gasteiger charge is -2.49. The number of nitrogens with zero attached hydrogens (tertiary/aromatic N) is 1. The second kappa shape index (κ2) is 5.54. The second-order valence-electron chi connectivity index (χ2n) is 6.48. The van der Waals surface area contributed by atoms with E-state index in [0.717, 1.165) is 18.3 Å². The minimum Gasteiger partial charge on any atom is -0.493 e. The standard InChI is InChI=1S/C17H26NO/c1-15-3-5-17(6-4-15)19-14-2-10-18-11-7-16(8-12-18)9-13-18/h3-6,16H,2,7-14H2,1H3/q+1. The van der Waals surface area contributed by atoms with Crippen LogP contribution in [0.25, 0.3) is 0 Å². The number of quaternary nitrogens is 1. The molecule has 3 fully saturated rings. The maximum Gasteiger partial charge on any atom is 0.119 e. The highest BCUT2D eigenvalue weighted by molar-refractivity contribution is 5.26. The lowest BCUT2D eigenvalue weighted by molar-refractivity contribution is -0.942. The van der Waals surface area contributed by atoms with Gasteiger partial charge in [-0.1, -0.05) is 17.7 Å². The zero-order valence-electron chi connectivity index (χ0n) is 12.1. The van der Waals surface area contributed by atoms with Crippen LogP contribution < -0.4 is 4.74 Å². The first-order valence-corrected chi connectivity index (χ1v) is 7.80. The number of aryl methyl sites for hydroxylation is 1. The molecule has 2 heteroatoms. The molecule has 0 N–H and O–H groups in total. The van der Waals surface area contributed by atoms with Crippen LogP contribution >= 0.6 is 0 Å². The highest BCUT2D eigenvalue weighted by Crippen LogP contribution is 2.33. The van der Waals surface area contributed by atoms with Crippen molar-refractivity contribution in [1.82, 2.24) is 0 Å². The average molecular weight is 260 g/mol. The Hall–Kier alpha value is -1.02. The van der Waals surface area contributed by atoms with Crippen LogP contribution in [0.3, 0.4) is 0 Å². The summed E-state index contributed by atoms with van der Waals surface area (Å²) < 4.78 is 7.23. The summed E-state index contributed by atoms with van der Waals surface area (Å²) in [7, 11) is 0. The van der Waals surface area contributed by atoms with Crippen LogP contribution in [-0.4, -0.2) is 37.3 Å². The van der Waals surface area contributed by atoms with Crippen molar-refractivity contribution in [3.63, 3.8) is 0 Å². The Morgan fingerprint density at radius 1 is 1.05 bits per heavy atom. The molecule has 0 saturated carbocycles. The van der Waals surface area contributed by atoms with E-state index < -0.39 is 0 Å². The van der Waals surface area contributed by atoms with Crippen LogP contribution in [0, 0.1) is 12.8 Å². The van der Waals surface area contributed by atoms with Crippen molar-refractivity contribution < 1.29 is 9.22 Å². The fraction of sp³-hybridized carbons (Fsp3) is 0.647. The van der Waals surface area contributed by atoms with Gasteiger partial charge in [0.2, 0.25) is 0 Å². The molecule has 0 amide bonds. The largest absolute Gasteiger partial charge is 0.493 e. The van der Waals surface area contributed by atoms with Gasteiger partial charge in [-0.2, -0.15) is 0 Å². The van der Waals surface area contributed by atoms with Crippen molar-refractivity contribution >= 4 is 0 Å². The van der Waals surface area contributed by atoms with Gasteiger partial charge in [0.25, 0.3) is 0 Å². The maximum atomic E-state index is 5.84. The Morgan fingerprint density at radius 2 is 1.68 bits per heavy atom. The van der Waals surface area contributed by atoms with Crippen LogP contribution in [0.5, 0.6) is 5.75 Å². The fourth-order valence-electron chi connectivity index (χ4n) is 3.70. The molecular weight excluding hydrogens is 234 g/mol. The Labute approximate surface area is 117 Å². The van der Waals surface area contributed by atoms with E-state index in [2.05, 4.69) is 31.2 Å². The van der Waals surface area contributed by atoms with Crippen molar-refractivity contribution in [2.45, 2.75) is 32.6 Å². The van der Waals surface area contributed by atoms with E-state index in [1.165, 1.54) is 61.9 Å². The van der Waals surface area contributed by atoms with Gasteiger partial charge < -0.3 is 9.22 Å². The Balaban J connectivity index is 1.42. The summed E-state index contributed by atoms with van der Waals surface area (Å²) in [5.41, 5.74) is 1.29. The molecule has 0 unspecified atom stereocenters. The molecule has 2 nitrogen and oxygen atoms in total. The van der Waals surface area contributed by atoms with E-state index in [4.69, 9.17) is 4.74 Å². The highest BCUT2D eigenvalue weighted by atomic mass is 16.5. The third-order valence-electron chi connectivity index (χ3n) is 5.10. The van der Waals surface area contributed by atoms with Gasteiger partial charge in [0, 0.05) is 6.42 Å². The number of hydrogen-bond acceptors (Lipinski definition) is 1. The molecule has 0 spiro atoms. The van der Waals surface area contributed by atoms with Gasteiger partial charge in [-0.25, -0.2) is 0 Å². The molecule has 3 saturated heterocycles. The molecule has 0 aliphatic carbocycles. The zero-order valence-corrected chi connectivity index (χ0v) is 12.1. The molecule has 3 aliphatic rings. The SMILES string of the molecule is Cc1ccc(OCCC[N+]23CCC(CC2)CC3)cc1. The van der Waals surface area contributed by atoms with Crippen molar-refractivity contribution in [3.8, 4) is 5.75 Å². The topological polar surface area (TPSA) is 9.23 Å². The quantitative estimate of drug-likeness (QED) is 0.582. The molecule has 1 aromatic rings. The summed E-state index contributed by atoms with van der Waals surface area (Å²) in [5.74, 6) is 2.08. The Bertz CT molecular complexity index is 390. The predicted molar refractivity (Wildman–Crippen MR) is 78.4 cm³/mol. The summed E-state index contributed by atoms with van der Waals surface area (Å²) in [6.45, 7) is 8.57. The first-order chi connectivity index (χ1) is 9.26. The van der Waals surface area contributed by atoms with Crippen LogP contribution in [0.4, 0.5) is 0 Å². The summed E-state index contributed by atoms with van der Waals surface area (Å²) in [5, 5.41) is 0. The van der Waals surface area contributed by atoms with Crippen LogP contribution in [0.15, 0.2) is 24.3 Å². The third-order valence-corrected chi connectivity index (χ3v) is 5.10. The van der Waals surface area contributed by atoms with E-state index in [-0.39, 0.29) is 0 Å². The van der Waals surface area contributed by atoms with E-state index >= 15 is 0 Å².